The van der Waals surface area contributed by atoms with Crippen LogP contribution in [0.15, 0.2) is 55.0 Å². The number of nitrogens with one attached hydrogen (secondary N) is 1. The standard InChI is InChI=1S/C18H17N5O3/c1-2-23-11-10-21-18(23)22-16(25)13-7-5-9-20-17(13)26-14-8-4-3-6-12(14)15(19)24/h3-11H,2H2,1H3,(H2,19,24)(H,21,22,25). The molecule has 8 heteroatoms. The number of para-hydroxylation sites is 1. The molecule has 2 aromatic heterocycles. The average Bonchev–Trinajstić information content (AvgIpc) is 3.09. The van der Waals surface area contributed by atoms with Gasteiger partial charge in [0.2, 0.25) is 11.8 Å². The van der Waals surface area contributed by atoms with E-state index in [-0.39, 0.29) is 22.8 Å². The first-order valence-electron chi connectivity index (χ1n) is 7.94. The second-order valence-corrected chi connectivity index (χ2v) is 5.31. The molecule has 0 atom stereocenters. The van der Waals surface area contributed by atoms with Crippen molar-refractivity contribution < 1.29 is 14.3 Å². The minimum atomic E-state index is -0.632. The highest BCUT2D eigenvalue weighted by Crippen LogP contribution is 2.26. The van der Waals surface area contributed by atoms with Crippen LogP contribution in [0.3, 0.4) is 0 Å². The Balaban J connectivity index is 1.89. The van der Waals surface area contributed by atoms with Crippen molar-refractivity contribution in [1.82, 2.24) is 14.5 Å². The highest BCUT2D eigenvalue weighted by molar-refractivity contribution is 6.05. The van der Waals surface area contributed by atoms with E-state index in [0.29, 0.717) is 12.5 Å². The number of carbonyl (C=O) groups is 2. The van der Waals surface area contributed by atoms with E-state index in [4.69, 9.17) is 10.5 Å². The van der Waals surface area contributed by atoms with E-state index in [1.54, 1.807) is 53.4 Å². The number of benzene rings is 1. The number of amides is 2. The van der Waals surface area contributed by atoms with E-state index >= 15 is 0 Å². The Morgan fingerprint density at radius 1 is 1.12 bits per heavy atom. The summed E-state index contributed by atoms with van der Waals surface area (Å²) in [5, 5.41) is 2.72. The molecule has 0 aliphatic rings. The summed E-state index contributed by atoms with van der Waals surface area (Å²) in [7, 11) is 0. The van der Waals surface area contributed by atoms with Gasteiger partial charge in [-0.2, -0.15) is 0 Å². The molecule has 26 heavy (non-hydrogen) atoms. The molecule has 2 heterocycles. The fourth-order valence-electron chi connectivity index (χ4n) is 2.37. The van der Waals surface area contributed by atoms with Crippen molar-refractivity contribution in [3.63, 3.8) is 0 Å². The summed E-state index contributed by atoms with van der Waals surface area (Å²) in [4.78, 5) is 32.4. The van der Waals surface area contributed by atoms with Crippen molar-refractivity contribution in [3.8, 4) is 11.6 Å². The van der Waals surface area contributed by atoms with E-state index in [1.807, 2.05) is 6.92 Å². The largest absolute Gasteiger partial charge is 0.437 e. The number of rotatable bonds is 6. The zero-order valence-corrected chi connectivity index (χ0v) is 14.0. The second-order valence-electron chi connectivity index (χ2n) is 5.31. The van der Waals surface area contributed by atoms with Gasteiger partial charge in [0.1, 0.15) is 11.3 Å². The highest BCUT2D eigenvalue weighted by Gasteiger charge is 2.18. The lowest BCUT2D eigenvalue weighted by atomic mass is 10.2. The molecule has 0 spiro atoms. The first-order chi connectivity index (χ1) is 12.6. The molecule has 0 unspecified atom stereocenters. The SMILES string of the molecule is CCn1ccnc1NC(=O)c1cccnc1Oc1ccccc1C(N)=O. The lowest BCUT2D eigenvalue weighted by Crippen LogP contribution is -2.17. The number of nitrogens with two attached hydrogens (primary N) is 1. The molecule has 3 N–H and O–H groups in total. The maximum atomic E-state index is 12.6. The maximum absolute atomic E-state index is 12.6. The van der Waals surface area contributed by atoms with Gasteiger partial charge in [-0.25, -0.2) is 9.97 Å². The van der Waals surface area contributed by atoms with Gasteiger partial charge in [-0.1, -0.05) is 12.1 Å². The van der Waals surface area contributed by atoms with Crippen LogP contribution in [0.4, 0.5) is 5.95 Å². The number of primary amides is 1. The van der Waals surface area contributed by atoms with E-state index in [2.05, 4.69) is 15.3 Å². The minimum absolute atomic E-state index is 0.0632. The second kappa shape index (κ2) is 7.47. The summed E-state index contributed by atoms with van der Waals surface area (Å²) >= 11 is 0. The number of ether oxygens (including phenoxy) is 1. The number of aromatic nitrogens is 3. The Labute approximate surface area is 149 Å². The van der Waals surface area contributed by atoms with Gasteiger partial charge in [-0.3, -0.25) is 14.9 Å². The molecule has 3 aromatic rings. The summed E-state index contributed by atoms with van der Waals surface area (Å²) < 4.78 is 7.49. The van der Waals surface area contributed by atoms with Gasteiger partial charge in [-0.05, 0) is 31.2 Å². The maximum Gasteiger partial charge on any atom is 0.263 e. The predicted molar refractivity (Wildman–Crippen MR) is 95.1 cm³/mol. The Morgan fingerprint density at radius 3 is 2.65 bits per heavy atom. The van der Waals surface area contributed by atoms with E-state index in [0.717, 1.165) is 0 Å². The fraction of sp³-hybridized carbons (Fsp3) is 0.111. The number of hydrogen-bond donors (Lipinski definition) is 2. The number of carbonyl (C=O) groups excluding carboxylic acids is 2. The molecule has 0 radical (unpaired) electrons. The number of imidazole rings is 1. The van der Waals surface area contributed by atoms with E-state index < -0.39 is 11.8 Å². The lowest BCUT2D eigenvalue weighted by Gasteiger charge is -2.12. The normalized spacial score (nSPS) is 10.3. The summed E-state index contributed by atoms with van der Waals surface area (Å²) in [5.74, 6) is -0.348. The molecule has 0 bridgehead atoms. The van der Waals surface area contributed by atoms with Crippen molar-refractivity contribution in [1.29, 1.82) is 0 Å². The fourth-order valence-corrected chi connectivity index (χ4v) is 2.37. The van der Waals surface area contributed by atoms with Gasteiger partial charge in [0.05, 0.1) is 5.56 Å². The van der Waals surface area contributed by atoms with Gasteiger partial charge < -0.3 is 15.0 Å². The number of aryl methyl sites for hydroxylation is 1. The summed E-state index contributed by atoms with van der Waals surface area (Å²) in [6.07, 6.45) is 4.86. The molecular weight excluding hydrogens is 334 g/mol. The number of pyridine rings is 1. The first-order valence-corrected chi connectivity index (χ1v) is 7.94. The van der Waals surface area contributed by atoms with Crippen LogP contribution in [-0.2, 0) is 6.54 Å². The van der Waals surface area contributed by atoms with Gasteiger partial charge in [0.25, 0.3) is 11.8 Å². The number of anilines is 1. The monoisotopic (exact) mass is 351 g/mol. The smallest absolute Gasteiger partial charge is 0.263 e. The van der Waals surface area contributed by atoms with Gasteiger partial charge in [0.15, 0.2) is 0 Å². The molecule has 0 saturated heterocycles. The third-order valence-corrected chi connectivity index (χ3v) is 3.66. The Morgan fingerprint density at radius 2 is 1.88 bits per heavy atom. The molecule has 0 aliphatic carbocycles. The number of nitrogens with zero attached hydrogens (tertiary/aromatic N) is 3. The third kappa shape index (κ3) is 3.54. The van der Waals surface area contributed by atoms with E-state index in [1.165, 1.54) is 6.20 Å². The van der Waals surface area contributed by atoms with Gasteiger partial charge >= 0.3 is 0 Å². The van der Waals surface area contributed by atoms with Crippen molar-refractivity contribution in [2.45, 2.75) is 13.5 Å². The van der Waals surface area contributed by atoms with E-state index in [9.17, 15) is 9.59 Å². The predicted octanol–water partition coefficient (Wildman–Crippen LogP) is 2.44. The summed E-state index contributed by atoms with van der Waals surface area (Å²) in [5.41, 5.74) is 5.76. The molecule has 0 saturated carbocycles. The minimum Gasteiger partial charge on any atom is -0.437 e. The Hall–Kier alpha value is -3.68. The Bertz CT molecular complexity index is 951. The van der Waals surface area contributed by atoms with Gasteiger partial charge in [-0.15, -0.1) is 0 Å². The third-order valence-electron chi connectivity index (χ3n) is 3.66. The number of hydrogen-bond acceptors (Lipinski definition) is 5. The van der Waals surface area contributed by atoms with Crippen LogP contribution in [0.25, 0.3) is 0 Å². The quantitative estimate of drug-likeness (QED) is 0.708. The van der Waals surface area contributed by atoms with Crippen molar-refractivity contribution in [2.75, 3.05) is 5.32 Å². The molecule has 0 aliphatic heterocycles. The zero-order chi connectivity index (χ0) is 18.5. The molecule has 8 nitrogen and oxygen atoms in total. The molecule has 0 fully saturated rings. The molecule has 2 amide bonds. The van der Waals surface area contributed by atoms with Crippen LogP contribution >= 0.6 is 0 Å². The first kappa shape index (κ1) is 17.2. The lowest BCUT2D eigenvalue weighted by molar-refractivity contribution is 0.0997. The van der Waals surface area contributed by atoms with Crippen molar-refractivity contribution in [2.24, 2.45) is 5.73 Å². The zero-order valence-electron chi connectivity index (χ0n) is 14.0. The van der Waals surface area contributed by atoms with Gasteiger partial charge in [0, 0.05) is 25.1 Å². The highest BCUT2D eigenvalue weighted by atomic mass is 16.5. The van der Waals surface area contributed by atoms with Crippen LogP contribution in [-0.4, -0.2) is 26.3 Å². The average molecular weight is 351 g/mol. The molecule has 132 valence electrons. The van der Waals surface area contributed by atoms with Crippen LogP contribution in [0.1, 0.15) is 27.6 Å². The van der Waals surface area contributed by atoms with Crippen LogP contribution in [0.2, 0.25) is 0 Å². The molecule has 3 rings (SSSR count). The summed E-state index contributed by atoms with van der Waals surface area (Å²) in [6.45, 7) is 2.61. The Kier molecular flexibility index (Phi) is 4.93. The van der Waals surface area contributed by atoms with Crippen LogP contribution in [0.5, 0.6) is 11.6 Å². The molecule has 1 aromatic carbocycles. The van der Waals surface area contributed by atoms with Crippen LogP contribution in [0, 0.1) is 0 Å². The summed E-state index contributed by atoms with van der Waals surface area (Å²) in [6, 6.07) is 9.68. The topological polar surface area (TPSA) is 112 Å². The molecular formula is C18H17N5O3. The van der Waals surface area contributed by atoms with Crippen LogP contribution < -0.4 is 15.8 Å². The van der Waals surface area contributed by atoms with Crippen molar-refractivity contribution >= 4 is 17.8 Å². The van der Waals surface area contributed by atoms with Crippen molar-refractivity contribution in [3.05, 3.63) is 66.1 Å².